The van der Waals surface area contributed by atoms with Crippen LogP contribution in [0.1, 0.15) is 10.4 Å². The van der Waals surface area contributed by atoms with Gasteiger partial charge in [0.1, 0.15) is 6.33 Å². The molecule has 2 heterocycles. The fraction of sp³-hybridized carbons (Fsp3) is 0. The third-order valence-electron chi connectivity index (χ3n) is 3.48. The van der Waals surface area contributed by atoms with Gasteiger partial charge in [0.05, 0.1) is 6.33 Å². The molecule has 106 valence electrons. The Morgan fingerprint density at radius 2 is 1.86 bits per heavy atom. The third-order valence-corrected chi connectivity index (χ3v) is 3.48. The number of rotatable bonds is 2. The highest BCUT2D eigenvalue weighted by Crippen LogP contribution is 2.21. The predicted octanol–water partition coefficient (Wildman–Crippen LogP) is 2.76. The van der Waals surface area contributed by atoms with Gasteiger partial charge in [-0.15, -0.1) is 0 Å². The van der Waals surface area contributed by atoms with Crippen molar-refractivity contribution in [3.8, 4) is 0 Å². The van der Waals surface area contributed by atoms with Gasteiger partial charge in [-0.3, -0.25) is 4.79 Å². The van der Waals surface area contributed by atoms with Gasteiger partial charge in [-0.2, -0.15) is 0 Å². The lowest BCUT2D eigenvalue weighted by Gasteiger charge is -2.07. The molecule has 1 amide bonds. The van der Waals surface area contributed by atoms with Crippen LogP contribution in [-0.4, -0.2) is 25.8 Å². The Labute approximate surface area is 125 Å². The molecule has 0 saturated carbocycles. The normalized spacial score (nSPS) is 10.9. The van der Waals surface area contributed by atoms with Crippen molar-refractivity contribution in [3.05, 3.63) is 60.7 Å². The molecule has 0 aliphatic rings. The molecular weight excluding hydrogens is 278 g/mol. The molecule has 22 heavy (non-hydrogen) atoms. The van der Waals surface area contributed by atoms with Crippen LogP contribution in [0.3, 0.4) is 0 Å². The Hall–Kier alpha value is -3.28. The summed E-state index contributed by atoms with van der Waals surface area (Å²) < 4.78 is 0. The van der Waals surface area contributed by atoms with E-state index in [1.807, 2.05) is 36.4 Å². The molecule has 2 aromatic carbocycles. The number of imidazole rings is 1. The van der Waals surface area contributed by atoms with Crippen molar-refractivity contribution < 1.29 is 4.79 Å². The zero-order valence-corrected chi connectivity index (χ0v) is 11.4. The number of benzene rings is 2. The van der Waals surface area contributed by atoms with Gasteiger partial charge in [-0.25, -0.2) is 15.0 Å². The van der Waals surface area contributed by atoms with Crippen molar-refractivity contribution in [2.45, 2.75) is 0 Å². The van der Waals surface area contributed by atoms with Crippen molar-refractivity contribution >= 4 is 33.7 Å². The Balaban J connectivity index is 1.77. The van der Waals surface area contributed by atoms with Gasteiger partial charge < -0.3 is 10.3 Å². The number of hydrogen-bond acceptors (Lipinski definition) is 4. The van der Waals surface area contributed by atoms with E-state index in [9.17, 15) is 4.79 Å². The van der Waals surface area contributed by atoms with Crippen LogP contribution in [0.5, 0.6) is 0 Å². The standard InChI is InChI=1S/C16H11N5O/c22-16(12-7-3-5-10-4-1-2-6-11(10)12)21-15-13-14(18-8-17-13)19-9-20-15/h1-9H,(H2,17,18,19,20,21,22). The van der Waals surface area contributed by atoms with Gasteiger partial charge in [0.25, 0.3) is 5.91 Å². The van der Waals surface area contributed by atoms with Crippen molar-refractivity contribution in [1.82, 2.24) is 19.9 Å². The maximum Gasteiger partial charge on any atom is 0.257 e. The maximum atomic E-state index is 12.6. The number of anilines is 1. The van der Waals surface area contributed by atoms with Crippen molar-refractivity contribution in [2.24, 2.45) is 0 Å². The number of aromatic amines is 1. The Morgan fingerprint density at radius 1 is 1.00 bits per heavy atom. The topological polar surface area (TPSA) is 83.6 Å². The molecule has 0 aliphatic heterocycles. The maximum absolute atomic E-state index is 12.6. The summed E-state index contributed by atoms with van der Waals surface area (Å²) >= 11 is 0. The number of amides is 1. The first kappa shape index (κ1) is 12.5. The van der Waals surface area contributed by atoms with Crippen LogP contribution >= 0.6 is 0 Å². The summed E-state index contributed by atoms with van der Waals surface area (Å²) in [6, 6.07) is 13.4. The molecule has 4 aromatic rings. The number of nitrogens with one attached hydrogen (secondary N) is 2. The predicted molar refractivity (Wildman–Crippen MR) is 83.6 cm³/mol. The average Bonchev–Trinajstić information content (AvgIpc) is 3.04. The average molecular weight is 289 g/mol. The van der Waals surface area contributed by atoms with Gasteiger partial charge in [0.2, 0.25) is 0 Å². The zero-order valence-electron chi connectivity index (χ0n) is 11.4. The molecule has 2 aromatic heterocycles. The molecule has 0 spiro atoms. The van der Waals surface area contributed by atoms with Crippen LogP contribution in [0.25, 0.3) is 21.9 Å². The zero-order chi connectivity index (χ0) is 14.9. The largest absolute Gasteiger partial charge is 0.329 e. The quantitative estimate of drug-likeness (QED) is 0.594. The highest BCUT2D eigenvalue weighted by molar-refractivity contribution is 6.14. The highest BCUT2D eigenvalue weighted by Gasteiger charge is 2.13. The summed E-state index contributed by atoms with van der Waals surface area (Å²) in [5, 5.41) is 4.72. The summed E-state index contributed by atoms with van der Waals surface area (Å²) in [7, 11) is 0. The second-order valence-corrected chi connectivity index (χ2v) is 4.80. The van der Waals surface area contributed by atoms with E-state index in [1.165, 1.54) is 12.7 Å². The molecule has 0 atom stereocenters. The summed E-state index contributed by atoms with van der Waals surface area (Å²) in [6.07, 6.45) is 2.91. The Kier molecular flexibility index (Phi) is 2.79. The molecule has 0 radical (unpaired) electrons. The molecule has 0 saturated heterocycles. The van der Waals surface area contributed by atoms with E-state index in [1.54, 1.807) is 6.07 Å². The summed E-state index contributed by atoms with van der Waals surface area (Å²) in [4.78, 5) is 27.8. The van der Waals surface area contributed by atoms with E-state index >= 15 is 0 Å². The minimum absolute atomic E-state index is 0.222. The van der Waals surface area contributed by atoms with Gasteiger partial charge in [-0.1, -0.05) is 36.4 Å². The van der Waals surface area contributed by atoms with Crippen molar-refractivity contribution in [3.63, 3.8) is 0 Å². The molecule has 0 fully saturated rings. The minimum Gasteiger partial charge on any atom is -0.329 e. The lowest BCUT2D eigenvalue weighted by Crippen LogP contribution is -2.14. The van der Waals surface area contributed by atoms with Gasteiger partial charge >= 0.3 is 0 Å². The Morgan fingerprint density at radius 3 is 2.82 bits per heavy atom. The summed E-state index contributed by atoms with van der Waals surface area (Å²) in [5.41, 5.74) is 1.72. The second-order valence-electron chi connectivity index (χ2n) is 4.80. The summed E-state index contributed by atoms with van der Waals surface area (Å²) in [6.45, 7) is 0. The molecule has 0 aliphatic carbocycles. The first-order chi connectivity index (χ1) is 10.8. The first-order valence-corrected chi connectivity index (χ1v) is 6.76. The van der Waals surface area contributed by atoms with Crippen LogP contribution in [-0.2, 0) is 0 Å². The molecule has 0 bridgehead atoms. The van der Waals surface area contributed by atoms with Crippen molar-refractivity contribution in [1.29, 1.82) is 0 Å². The molecule has 0 unspecified atom stereocenters. The van der Waals surface area contributed by atoms with E-state index < -0.39 is 0 Å². The van der Waals surface area contributed by atoms with Crippen LogP contribution < -0.4 is 5.32 Å². The van der Waals surface area contributed by atoms with Crippen LogP contribution in [0, 0.1) is 0 Å². The number of hydrogen-bond donors (Lipinski definition) is 2. The first-order valence-electron chi connectivity index (χ1n) is 6.76. The van der Waals surface area contributed by atoms with E-state index in [0.29, 0.717) is 22.5 Å². The van der Waals surface area contributed by atoms with Crippen LogP contribution in [0.4, 0.5) is 5.82 Å². The molecule has 6 heteroatoms. The number of aromatic nitrogens is 4. The summed E-state index contributed by atoms with van der Waals surface area (Å²) in [5.74, 6) is 0.170. The second kappa shape index (κ2) is 4.92. The third kappa shape index (κ3) is 1.98. The number of fused-ring (bicyclic) bond motifs is 2. The van der Waals surface area contributed by atoms with Gasteiger partial charge in [0.15, 0.2) is 17.0 Å². The number of nitrogens with zero attached hydrogens (tertiary/aromatic N) is 3. The van der Waals surface area contributed by atoms with Gasteiger partial charge in [-0.05, 0) is 16.8 Å². The Bertz CT molecular complexity index is 987. The fourth-order valence-corrected chi connectivity index (χ4v) is 2.45. The number of H-pyrrole nitrogens is 1. The number of carbonyl (C=O) groups excluding carboxylic acids is 1. The molecule has 4 rings (SSSR count). The molecular formula is C16H11N5O. The number of carbonyl (C=O) groups is 1. The van der Waals surface area contributed by atoms with E-state index in [4.69, 9.17) is 0 Å². The monoisotopic (exact) mass is 289 g/mol. The smallest absolute Gasteiger partial charge is 0.257 e. The van der Waals surface area contributed by atoms with Crippen molar-refractivity contribution in [2.75, 3.05) is 5.32 Å². The highest BCUT2D eigenvalue weighted by atomic mass is 16.1. The van der Waals surface area contributed by atoms with Gasteiger partial charge in [0, 0.05) is 5.56 Å². The minimum atomic E-state index is -0.222. The lowest BCUT2D eigenvalue weighted by molar-refractivity contribution is 0.102. The molecule has 2 N–H and O–H groups in total. The molecule has 6 nitrogen and oxygen atoms in total. The SMILES string of the molecule is O=C(Nc1ncnc2[nH]cnc12)c1cccc2ccccc12. The lowest BCUT2D eigenvalue weighted by atomic mass is 10.0. The van der Waals surface area contributed by atoms with Crippen LogP contribution in [0.2, 0.25) is 0 Å². The van der Waals surface area contributed by atoms with E-state index in [-0.39, 0.29) is 5.91 Å². The van der Waals surface area contributed by atoms with Crippen LogP contribution in [0.15, 0.2) is 55.1 Å². The fourth-order valence-electron chi connectivity index (χ4n) is 2.45. The van der Waals surface area contributed by atoms with E-state index in [0.717, 1.165) is 10.8 Å². The van der Waals surface area contributed by atoms with E-state index in [2.05, 4.69) is 25.3 Å².